The minimum atomic E-state index is 0.140. The van der Waals surface area contributed by atoms with Gasteiger partial charge in [0.1, 0.15) is 0 Å². The van der Waals surface area contributed by atoms with Gasteiger partial charge in [0.15, 0.2) is 0 Å². The molecule has 1 aromatic rings. The first kappa shape index (κ1) is 16.0. The summed E-state index contributed by atoms with van der Waals surface area (Å²) in [5.74, 6) is 1.49. The second kappa shape index (κ2) is 7.60. The molecule has 1 aliphatic rings. The van der Waals surface area contributed by atoms with Crippen molar-refractivity contribution < 1.29 is 4.79 Å². The van der Waals surface area contributed by atoms with Gasteiger partial charge < -0.3 is 10.2 Å². The monoisotopic (exact) mass is 288 g/mol. The standard InChI is InChI=1S/C18H28N2O/c1-14(2)13-20(10-9-16-7-5-4-6-8-16)18(21)15(3)17-11-19-12-17/h4-8,14-15,17,19H,9-13H2,1-3H3. The van der Waals surface area contributed by atoms with Crippen molar-refractivity contribution in [3.63, 3.8) is 0 Å². The van der Waals surface area contributed by atoms with Crippen molar-refractivity contribution in [1.82, 2.24) is 10.2 Å². The number of nitrogens with zero attached hydrogens (tertiary/aromatic N) is 1. The Labute approximate surface area is 128 Å². The quantitative estimate of drug-likeness (QED) is 0.836. The summed E-state index contributed by atoms with van der Waals surface area (Å²) in [5, 5.41) is 3.26. The molecule has 116 valence electrons. The summed E-state index contributed by atoms with van der Waals surface area (Å²) in [6.45, 7) is 10.1. The predicted molar refractivity (Wildman–Crippen MR) is 87.1 cm³/mol. The first-order valence-corrected chi connectivity index (χ1v) is 8.11. The van der Waals surface area contributed by atoms with Crippen molar-refractivity contribution in [2.75, 3.05) is 26.2 Å². The van der Waals surface area contributed by atoms with E-state index in [0.29, 0.717) is 17.7 Å². The molecule has 0 saturated carbocycles. The lowest BCUT2D eigenvalue weighted by atomic mass is 9.87. The average Bonchev–Trinajstić information content (AvgIpc) is 2.41. The molecule has 0 aliphatic carbocycles. The summed E-state index contributed by atoms with van der Waals surface area (Å²) in [5.41, 5.74) is 1.30. The van der Waals surface area contributed by atoms with Crippen LogP contribution in [0.5, 0.6) is 0 Å². The molecule has 1 atom stereocenters. The lowest BCUT2D eigenvalue weighted by Gasteiger charge is -2.35. The van der Waals surface area contributed by atoms with Crippen LogP contribution in [0.3, 0.4) is 0 Å². The molecular formula is C18H28N2O. The van der Waals surface area contributed by atoms with Gasteiger partial charge in [0, 0.05) is 19.0 Å². The van der Waals surface area contributed by atoms with Crippen molar-refractivity contribution >= 4 is 5.91 Å². The third-order valence-electron chi connectivity index (χ3n) is 4.32. The molecule has 0 aromatic heterocycles. The van der Waals surface area contributed by atoms with Crippen LogP contribution in [-0.4, -0.2) is 37.0 Å². The Morgan fingerprint density at radius 1 is 1.24 bits per heavy atom. The molecule has 3 heteroatoms. The van der Waals surface area contributed by atoms with E-state index in [1.54, 1.807) is 0 Å². The number of carbonyl (C=O) groups excluding carboxylic acids is 1. The van der Waals surface area contributed by atoms with Gasteiger partial charge in [0.05, 0.1) is 0 Å². The highest BCUT2D eigenvalue weighted by Crippen LogP contribution is 2.19. The zero-order chi connectivity index (χ0) is 15.2. The number of carbonyl (C=O) groups is 1. The van der Waals surface area contributed by atoms with Crippen LogP contribution in [0.4, 0.5) is 0 Å². The number of hydrogen-bond acceptors (Lipinski definition) is 2. The van der Waals surface area contributed by atoms with Crippen molar-refractivity contribution in [2.24, 2.45) is 17.8 Å². The van der Waals surface area contributed by atoms with Crippen molar-refractivity contribution in [3.8, 4) is 0 Å². The van der Waals surface area contributed by atoms with Crippen LogP contribution in [0.15, 0.2) is 30.3 Å². The van der Waals surface area contributed by atoms with E-state index in [4.69, 9.17) is 0 Å². The van der Waals surface area contributed by atoms with Gasteiger partial charge in [0.25, 0.3) is 0 Å². The van der Waals surface area contributed by atoms with Gasteiger partial charge in [-0.25, -0.2) is 0 Å². The second-order valence-electron chi connectivity index (χ2n) is 6.62. The predicted octanol–water partition coefficient (Wildman–Crippen LogP) is 2.57. The van der Waals surface area contributed by atoms with E-state index >= 15 is 0 Å². The number of benzene rings is 1. The molecule has 1 unspecified atom stereocenters. The maximum Gasteiger partial charge on any atom is 0.225 e. The maximum absolute atomic E-state index is 12.7. The van der Waals surface area contributed by atoms with Crippen molar-refractivity contribution in [3.05, 3.63) is 35.9 Å². The molecule has 0 bridgehead atoms. The van der Waals surface area contributed by atoms with E-state index in [2.05, 4.69) is 55.3 Å². The first-order chi connectivity index (χ1) is 10.1. The van der Waals surface area contributed by atoms with E-state index in [-0.39, 0.29) is 5.92 Å². The molecule has 1 saturated heterocycles. The normalized spacial score (nSPS) is 16.6. The summed E-state index contributed by atoms with van der Waals surface area (Å²) in [6, 6.07) is 10.4. The molecule has 2 rings (SSSR count). The highest BCUT2D eigenvalue weighted by atomic mass is 16.2. The summed E-state index contributed by atoms with van der Waals surface area (Å²) < 4.78 is 0. The molecule has 3 nitrogen and oxygen atoms in total. The summed E-state index contributed by atoms with van der Waals surface area (Å²) >= 11 is 0. The Morgan fingerprint density at radius 2 is 1.90 bits per heavy atom. The smallest absolute Gasteiger partial charge is 0.225 e. The topological polar surface area (TPSA) is 32.3 Å². The maximum atomic E-state index is 12.7. The largest absolute Gasteiger partial charge is 0.342 e. The fourth-order valence-electron chi connectivity index (χ4n) is 2.80. The van der Waals surface area contributed by atoms with E-state index in [1.165, 1.54) is 5.56 Å². The van der Waals surface area contributed by atoms with Crippen LogP contribution in [-0.2, 0) is 11.2 Å². The van der Waals surface area contributed by atoms with Crippen LogP contribution < -0.4 is 5.32 Å². The van der Waals surface area contributed by atoms with E-state index < -0.39 is 0 Å². The van der Waals surface area contributed by atoms with Gasteiger partial charge in [-0.15, -0.1) is 0 Å². The Bertz CT molecular complexity index is 440. The zero-order valence-electron chi connectivity index (χ0n) is 13.5. The van der Waals surface area contributed by atoms with Crippen LogP contribution in [0.2, 0.25) is 0 Å². The molecule has 0 radical (unpaired) electrons. The summed E-state index contributed by atoms with van der Waals surface area (Å²) in [6.07, 6.45) is 0.939. The molecular weight excluding hydrogens is 260 g/mol. The zero-order valence-corrected chi connectivity index (χ0v) is 13.5. The molecule has 0 spiro atoms. The lowest BCUT2D eigenvalue weighted by Crippen LogP contribution is -2.51. The third kappa shape index (κ3) is 4.57. The molecule has 21 heavy (non-hydrogen) atoms. The van der Waals surface area contributed by atoms with Crippen molar-refractivity contribution in [1.29, 1.82) is 0 Å². The minimum absolute atomic E-state index is 0.140. The number of hydrogen-bond donors (Lipinski definition) is 1. The van der Waals surface area contributed by atoms with Gasteiger partial charge in [-0.05, 0) is 36.9 Å². The summed E-state index contributed by atoms with van der Waals surface area (Å²) in [4.78, 5) is 14.8. The first-order valence-electron chi connectivity index (χ1n) is 8.11. The van der Waals surface area contributed by atoms with E-state index in [0.717, 1.165) is 32.6 Å². The molecule has 1 fully saturated rings. The fraction of sp³-hybridized carbons (Fsp3) is 0.611. The summed E-state index contributed by atoms with van der Waals surface area (Å²) in [7, 11) is 0. The van der Waals surface area contributed by atoms with Crippen LogP contribution in [0.1, 0.15) is 26.3 Å². The molecule has 1 N–H and O–H groups in total. The van der Waals surface area contributed by atoms with E-state index in [9.17, 15) is 4.79 Å². The second-order valence-corrected chi connectivity index (χ2v) is 6.62. The van der Waals surface area contributed by atoms with Crippen LogP contribution in [0, 0.1) is 17.8 Å². The number of nitrogens with one attached hydrogen (secondary N) is 1. The highest BCUT2D eigenvalue weighted by molar-refractivity contribution is 5.79. The van der Waals surface area contributed by atoms with Gasteiger partial charge in [-0.2, -0.15) is 0 Å². The minimum Gasteiger partial charge on any atom is -0.342 e. The van der Waals surface area contributed by atoms with E-state index in [1.807, 2.05) is 6.07 Å². The van der Waals surface area contributed by atoms with Crippen LogP contribution >= 0.6 is 0 Å². The Balaban J connectivity index is 1.94. The van der Waals surface area contributed by atoms with Crippen LogP contribution in [0.25, 0.3) is 0 Å². The molecule has 1 heterocycles. The SMILES string of the molecule is CC(C)CN(CCc1ccccc1)C(=O)C(C)C1CNC1. The fourth-order valence-corrected chi connectivity index (χ4v) is 2.80. The Morgan fingerprint density at radius 3 is 2.43 bits per heavy atom. The molecule has 1 aromatic carbocycles. The average molecular weight is 288 g/mol. The lowest BCUT2D eigenvalue weighted by molar-refractivity contribution is -0.137. The van der Waals surface area contributed by atoms with Crippen molar-refractivity contribution in [2.45, 2.75) is 27.2 Å². The Hall–Kier alpha value is -1.35. The molecule has 1 aliphatic heterocycles. The highest BCUT2D eigenvalue weighted by Gasteiger charge is 2.31. The van der Waals surface area contributed by atoms with Gasteiger partial charge in [0.2, 0.25) is 5.91 Å². The third-order valence-corrected chi connectivity index (χ3v) is 4.32. The van der Waals surface area contributed by atoms with Gasteiger partial charge >= 0.3 is 0 Å². The number of amides is 1. The van der Waals surface area contributed by atoms with Gasteiger partial charge in [-0.1, -0.05) is 51.1 Å². The number of rotatable bonds is 7. The molecule has 1 amide bonds. The van der Waals surface area contributed by atoms with Gasteiger partial charge in [-0.3, -0.25) is 4.79 Å². The Kier molecular flexibility index (Phi) is 5.80.